The molecule has 0 bridgehead atoms. The molecule has 2 heterocycles. The van der Waals surface area contributed by atoms with Gasteiger partial charge in [-0.2, -0.15) is 0 Å². The van der Waals surface area contributed by atoms with Crippen LogP contribution in [0.2, 0.25) is 0 Å². The van der Waals surface area contributed by atoms with E-state index in [1.165, 1.54) is 12.1 Å². The molecule has 0 unspecified atom stereocenters. The second kappa shape index (κ2) is 10.9. The van der Waals surface area contributed by atoms with Crippen LogP contribution in [0.1, 0.15) is 11.4 Å². The molecule has 0 aliphatic carbocycles. The molecule has 160 valence electrons. The van der Waals surface area contributed by atoms with Gasteiger partial charge in [-0.05, 0) is 56.4 Å². The highest BCUT2D eigenvalue weighted by Crippen LogP contribution is 2.08. The van der Waals surface area contributed by atoms with Crippen molar-refractivity contribution in [2.75, 3.05) is 50.0 Å². The number of rotatable bonds is 5. The molecule has 0 atom stereocenters. The average Bonchev–Trinajstić information content (AvgIpc) is 2.69. The van der Waals surface area contributed by atoms with Crippen molar-refractivity contribution in [3.63, 3.8) is 0 Å². The second-order valence-electron chi connectivity index (χ2n) is 6.87. The molecule has 1 aromatic carbocycles. The molecule has 1 aromatic heterocycles. The zero-order chi connectivity index (χ0) is 21.3. The van der Waals surface area contributed by atoms with Gasteiger partial charge >= 0.3 is 0 Å². The Hall–Kier alpha value is -2.69. The molecular weight excluding hydrogens is 405 g/mol. The zero-order valence-corrected chi connectivity index (χ0v) is 17.9. The molecule has 1 fully saturated rings. The van der Waals surface area contributed by atoms with Crippen molar-refractivity contribution in [3.05, 3.63) is 47.5 Å². The van der Waals surface area contributed by atoms with E-state index in [0.717, 1.165) is 44.2 Å². The number of nitrogens with one attached hydrogen (secondary N) is 3. The molecule has 30 heavy (non-hydrogen) atoms. The molecule has 3 N–H and O–H groups in total. The van der Waals surface area contributed by atoms with Crippen LogP contribution in [0.15, 0.2) is 35.3 Å². The van der Waals surface area contributed by atoms with E-state index in [9.17, 15) is 4.39 Å². The van der Waals surface area contributed by atoms with Crippen LogP contribution >= 0.6 is 12.2 Å². The Morgan fingerprint density at radius 3 is 2.47 bits per heavy atom. The number of halogens is 1. The molecule has 10 heteroatoms. The monoisotopic (exact) mass is 431 g/mol. The highest BCUT2D eigenvalue weighted by molar-refractivity contribution is 7.80. The summed E-state index contributed by atoms with van der Waals surface area (Å²) < 4.78 is 18.5. The maximum absolute atomic E-state index is 13.1. The van der Waals surface area contributed by atoms with Gasteiger partial charge in [-0.15, -0.1) is 0 Å². The largest absolute Gasteiger partial charge is 0.379 e. The minimum Gasteiger partial charge on any atom is -0.379 e. The number of aryl methyl sites for hydroxylation is 2. The number of hydrogen-bond donors (Lipinski definition) is 3. The summed E-state index contributed by atoms with van der Waals surface area (Å²) in [6, 6.07) is 7.85. The first-order valence-corrected chi connectivity index (χ1v) is 10.2. The number of morpholine rings is 1. The van der Waals surface area contributed by atoms with Crippen molar-refractivity contribution < 1.29 is 9.13 Å². The third-order valence-corrected chi connectivity index (χ3v) is 4.54. The predicted octanol–water partition coefficient (Wildman–Crippen LogP) is 2.32. The first-order chi connectivity index (χ1) is 14.5. The van der Waals surface area contributed by atoms with Crippen molar-refractivity contribution >= 4 is 34.9 Å². The molecule has 0 spiro atoms. The minimum atomic E-state index is -0.307. The Balaban J connectivity index is 1.66. The van der Waals surface area contributed by atoms with Crippen LogP contribution in [-0.4, -0.2) is 65.3 Å². The van der Waals surface area contributed by atoms with Gasteiger partial charge in [-0.3, -0.25) is 15.2 Å². The fraction of sp³-hybridized carbons (Fsp3) is 0.400. The summed E-state index contributed by atoms with van der Waals surface area (Å²) >= 11 is 5.38. The number of guanidine groups is 1. The summed E-state index contributed by atoms with van der Waals surface area (Å²) in [6.07, 6.45) is 0. The molecule has 0 saturated carbocycles. The molecule has 1 aliphatic rings. The molecule has 0 amide bonds. The van der Waals surface area contributed by atoms with Gasteiger partial charge in [0, 0.05) is 36.7 Å². The van der Waals surface area contributed by atoms with Crippen molar-refractivity contribution in [2.45, 2.75) is 13.8 Å². The topological polar surface area (TPSA) is 86.7 Å². The third kappa shape index (κ3) is 7.29. The molecule has 2 aromatic rings. The van der Waals surface area contributed by atoms with Gasteiger partial charge in [0.05, 0.1) is 19.8 Å². The average molecular weight is 432 g/mol. The van der Waals surface area contributed by atoms with Crippen LogP contribution in [0.5, 0.6) is 0 Å². The number of ether oxygens (including phenoxy) is 1. The van der Waals surface area contributed by atoms with Crippen LogP contribution in [0.3, 0.4) is 0 Å². The zero-order valence-electron chi connectivity index (χ0n) is 17.1. The van der Waals surface area contributed by atoms with Crippen LogP contribution in [0.4, 0.5) is 16.0 Å². The second-order valence-corrected chi connectivity index (χ2v) is 7.28. The maximum atomic E-state index is 13.1. The van der Waals surface area contributed by atoms with Gasteiger partial charge in [0.1, 0.15) is 5.82 Å². The minimum absolute atomic E-state index is 0.307. The summed E-state index contributed by atoms with van der Waals surface area (Å²) in [5, 5.41) is 9.49. The molecule has 1 saturated heterocycles. The molecule has 1 aliphatic heterocycles. The van der Waals surface area contributed by atoms with Gasteiger partial charge in [-0.25, -0.2) is 14.4 Å². The van der Waals surface area contributed by atoms with E-state index >= 15 is 0 Å². The number of aliphatic imine (C=N–C) groups is 1. The van der Waals surface area contributed by atoms with Gasteiger partial charge in [0.2, 0.25) is 11.9 Å². The van der Waals surface area contributed by atoms with E-state index in [0.29, 0.717) is 29.3 Å². The van der Waals surface area contributed by atoms with Crippen molar-refractivity contribution in [3.8, 4) is 0 Å². The summed E-state index contributed by atoms with van der Waals surface area (Å²) in [7, 11) is 0. The Morgan fingerprint density at radius 2 is 1.80 bits per heavy atom. The van der Waals surface area contributed by atoms with Gasteiger partial charge in [-0.1, -0.05) is 0 Å². The lowest BCUT2D eigenvalue weighted by Gasteiger charge is -2.25. The maximum Gasteiger partial charge on any atom is 0.229 e. The summed E-state index contributed by atoms with van der Waals surface area (Å²) in [4.78, 5) is 15.7. The van der Waals surface area contributed by atoms with E-state index < -0.39 is 0 Å². The first-order valence-electron chi connectivity index (χ1n) is 9.75. The summed E-state index contributed by atoms with van der Waals surface area (Å²) in [5.74, 6) is 0.570. The number of hydrogen-bond acceptors (Lipinski definition) is 6. The molecule has 0 radical (unpaired) electrons. The van der Waals surface area contributed by atoms with Crippen molar-refractivity contribution in [1.82, 2.24) is 20.2 Å². The number of aromatic nitrogens is 2. The number of nitrogens with zero attached hydrogens (tertiary/aromatic N) is 4. The van der Waals surface area contributed by atoms with Gasteiger partial charge in [0.25, 0.3) is 0 Å². The van der Waals surface area contributed by atoms with Crippen LogP contribution < -0.4 is 16.0 Å². The normalized spacial score (nSPS) is 15.0. The number of anilines is 2. The van der Waals surface area contributed by atoms with Crippen LogP contribution in [-0.2, 0) is 4.74 Å². The lowest BCUT2D eigenvalue weighted by molar-refractivity contribution is 0.0394. The van der Waals surface area contributed by atoms with Gasteiger partial charge in [0.15, 0.2) is 5.11 Å². The van der Waals surface area contributed by atoms with E-state index in [2.05, 4.69) is 35.8 Å². The number of thiocarbonyl (C=S) groups is 1. The smallest absolute Gasteiger partial charge is 0.229 e. The van der Waals surface area contributed by atoms with E-state index in [1.54, 1.807) is 12.1 Å². The lowest BCUT2D eigenvalue weighted by Crippen LogP contribution is -2.41. The summed E-state index contributed by atoms with van der Waals surface area (Å²) in [6.45, 7) is 8.48. The Bertz CT molecular complexity index is 865. The lowest BCUT2D eigenvalue weighted by atomic mass is 10.3. The predicted molar refractivity (Wildman–Crippen MR) is 120 cm³/mol. The standard InChI is InChI=1S/C20H26FN7OS/c1-14-13-15(2)24-19(23-14)26-18(22-7-8-28-9-11-29-12-10-28)27-20(30)25-17-5-3-16(21)4-6-17/h3-6,13H,7-12H2,1-2H3,(H3,22,23,24,25,26,27,30). The van der Waals surface area contributed by atoms with Crippen molar-refractivity contribution in [1.29, 1.82) is 0 Å². The number of benzene rings is 1. The highest BCUT2D eigenvalue weighted by atomic mass is 32.1. The fourth-order valence-corrected chi connectivity index (χ4v) is 3.14. The molecule has 8 nitrogen and oxygen atoms in total. The Morgan fingerprint density at radius 1 is 1.13 bits per heavy atom. The highest BCUT2D eigenvalue weighted by Gasteiger charge is 2.11. The third-order valence-electron chi connectivity index (χ3n) is 4.34. The Labute approximate surface area is 181 Å². The van der Waals surface area contributed by atoms with E-state index in [4.69, 9.17) is 17.0 Å². The SMILES string of the molecule is Cc1cc(C)nc(NC(=NCCN2CCOCC2)NC(=S)Nc2ccc(F)cc2)n1. The fourth-order valence-electron chi connectivity index (χ4n) is 2.93. The van der Waals surface area contributed by atoms with Crippen molar-refractivity contribution in [2.24, 2.45) is 4.99 Å². The van der Waals surface area contributed by atoms with E-state index in [-0.39, 0.29) is 5.82 Å². The quantitative estimate of drug-likeness (QED) is 0.378. The van der Waals surface area contributed by atoms with Gasteiger partial charge < -0.3 is 15.4 Å². The van der Waals surface area contributed by atoms with E-state index in [1.807, 2.05) is 19.9 Å². The molecule has 3 rings (SSSR count). The van der Waals surface area contributed by atoms with Crippen LogP contribution in [0, 0.1) is 19.7 Å². The molecular formula is C20H26FN7OS. The Kier molecular flexibility index (Phi) is 8.00. The summed E-state index contributed by atoms with van der Waals surface area (Å²) in [5.41, 5.74) is 2.37. The first kappa shape index (κ1) is 22.0. The van der Waals surface area contributed by atoms with Crippen LogP contribution in [0.25, 0.3) is 0 Å².